The largest absolute Gasteiger partial charge is 0.493 e. The lowest BCUT2D eigenvalue weighted by Gasteiger charge is -2.32. The summed E-state index contributed by atoms with van der Waals surface area (Å²) in [5.41, 5.74) is 2.36. The summed E-state index contributed by atoms with van der Waals surface area (Å²) in [4.78, 5) is 4.37. The van der Waals surface area contributed by atoms with Gasteiger partial charge in [-0.3, -0.25) is 0 Å². The van der Waals surface area contributed by atoms with Gasteiger partial charge in [0.05, 0.1) is 26.3 Å². The number of rotatable bonds is 4. The Morgan fingerprint density at radius 1 is 1.00 bits per heavy atom. The third kappa shape index (κ3) is 2.80. The first-order valence-electron chi connectivity index (χ1n) is 8.23. The van der Waals surface area contributed by atoms with Crippen LogP contribution in [0, 0.1) is 0 Å². The Labute approximate surface area is 146 Å². The number of anilines is 1. The van der Waals surface area contributed by atoms with Crippen LogP contribution in [0.1, 0.15) is 29.6 Å². The molecule has 1 N–H and O–H groups in total. The molecule has 2 heterocycles. The van der Waals surface area contributed by atoms with E-state index in [1.807, 2.05) is 22.9 Å². The molecule has 1 aliphatic rings. The van der Waals surface area contributed by atoms with Crippen LogP contribution in [0.2, 0.25) is 0 Å². The van der Waals surface area contributed by atoms with Crippen molar-refractivity contribution in [3.63, 3.8) is 0 Å². The van der Waals surface area contributed by atoms with Crippen LogP contribution in [0.3, 0.4) is 0 Å². The van der Waals surface area contributed by atoms with Gasteiger partial charge < -0.3 is 14.8 Å². The quantitative estimate of drug-likeness (QED) is 0.791. The van der Waals surface area contributed by atoms with E-state index in [4.69, 9.17) is 9.47 Å². The number of nitrogens with one attached hydrogen (secondary N) is 1. The molecule has 6 nitrogen and oxygen atoms in total. The second-order valence-electron chi connectivity index (χ2n) is 6.00. The van der Waals surface area contributed by atoms with E-state index in [1.54, 1.807) is 20.5 Å². The van der Waals surface area contributed by atoms with Crippen LogP contribution < -0.4 is 14.8 Å². The van der Waals surface area contributed by atoms with Crippen molar-refractivity contribution in [2.24, 2.45) is 0 Å². The molecule has 0 aliphatic carbocycles. The molecule has 2 aromatic carbocycles. The van der Waals surface area contributed by atoms with Gasteiger partial charge in [-0.2, -0.15) is 10.1 Å². The van der Waals surface area contributed by atoms with Gasteiger partial charge in [0.25, 0.3) is 0 Å². The van der Waals surface area contributed by atoms with Crippen LogP contribution in [0.15, 0.2) is 54.9 Å². The van der Waals surface area contributed by atoms with E-state index in [9.17, 15) is 0 Å². The van der Waals surface area contributed by atoms with Gasteiger partial charge in [0.2, 0.25) is 5.95 Å². The van der Waals surface area contributed by atoms with Crippen LogP contribution in [0.25, 0.3) is 0 Å². The molecule has 1 aliphatic heterocycles. The lowest BCUT2D eigenvalue weighted by Crippen LogP contribution is -2.28. The normalized spacial score (nSPS) is 19.0. The Morgan fingerprint density at radius 3 is 2.56 bits per heavy atom. The van der Waals surface area contributed by atoms with Gasteiger partial charge in [0.1, 0.15) is 6.33 Å². The minimum Gasteiger partial charge on any atom is -0.493 e. The summed E-state index contributed by atoms with van der Waals surface area (Å²) >= 11 is 0. The number of aromatic nitrogens is 3. The first kappa shape index (κ1) is 15.5. The Hall–Kier alpha value is -3.02. The van der Waals surface area contributed by atoms with E-state index in [0.29, 0.717) is 0 Å². The molecule has 0 radical (unpaired) electrons. The van der Waals surface area contributed by atoms with E-state index < -0.39 is 0 Å². The zero-order valence-corrected chi connectivity index (χ0v) is 14.2. The zero-order valence-electron chi connectivity index (χ0n) is 14.2. The second-order valence-corrected chi connectivity index (χ2v) is 6.00. The topological polar surface area (TPSA) is 61.2 Å². The van der Waals surface area contributed by atoms with Crippen molar-refractivity contribution in [2.45, 2.75) is 18.5 Å². The highest BCUT2D eigenvalue weighted by Gasteiger charge is 2.30. The second kappa shape index (κ2) is 6.47. The molecule has 25 heavy (non-hydrogen) atoms. The SMILES string of the molecule is COc1ccc([C@@H]2C[C@H](c3ccccc3)Nc3ncnn32)cc1OC. The fraction of sp³-hybridized carbons (Fsp3) is 0.263. The summed E-state index contributed by atoms with van der Waals surface area (Å²) < 4.78 is 12.7. The first-order chi connectivity index (χ1) is 12.3. The van der Waals surface area contributed by atoms with E-state index in [2.05, 4.69) is 45.7 Å². The number of fused-ring (bicyclic) bond motifs is 1. The van der Waals surface area contributed by atoms with Gasteiger partial charge in [-0.1, -0.05) is 36.4 Å². The van der Waals surface area contributed by atoms with Crippen molar-refractivity contribution >= 4 is 5.95 Å². The lowest BCUT2D eigenvalue weighted by molar-refractivity contribution is 0.352. The van der Waals surface area contributed by atoms with Crippen LogP contribution in [0.4, 0.5) is 5.95 Å². The number of benzene rings is 2. The summed E-state index contributed by atoms with van der Waals surface area (Å²) in [7, 11) is 3.29. The lowest BCUT2D eigenvalue weighted by atomic mass is 9.93. The molecule has 4 rings (SSSR count). The van der Waals surface area contributed by atoms with Crippen LogP contribution in [-0.2, 0) is 0 Å². The summed E-state index contributed by atoms with van der Waals surface area (Å²) in [6.45, 7) is 0. The highest BCUT2D eigenvalue weighted by Crippen LogP contribution is 2.39. The van der Waals surface area contributed by atoms with Crippen molar-refractivity contribution in [2.75, 3.05) is 19.5 Å². The molecule has 3 aromatic rings. The third-order valence-corrected chi connectivity index (χ3v) is 4.62. The molecule has 0 fully saturated rings. The predicted molar refractivity (Wildman–Crippen MR) is 95.1 cm³/mol. The smallest absolute Gasteiger partial charge is 0.222 e. The fourth-order valence-corrected chi connectivity index (χ4v) is 3.36. The van der Waals surface area contributed by atoms with Gasteiger partial charge in [-0.25, -0.2) is 4.68 Å². The van der Waals surface area contributed by atoms with Gasteiger partial charge in [-0.15, -0.1) is 0 Å². The standard InChI is InChI=1S/C19H20N4O2/c1-24-17-9-8-14(10-18(17)25-2)16-11-15(13-6-4-3-5-7-13)22-19-20-12-21-23(16)19/h3-10,12,15-16H,11H2,1-2H3,(H,20,21,22)/t15-,16+/m1/s1. The minimum atomic E-state index is 0.0729. The van der Waals surface area contributed by atoms with Crippen LogP contribution in [-0.4, -0.2) is 29.0 Å². The van der Waals surface area contributed by atoms with E-state index in [0.717, 1.165) is 29.4 Å². The Kier molecular flexibility index (Phi) is 4.01. The number of nitrogens with zero attached hydrogens (tertiary/aromatic N) is 3. The molecule has 0 bridgehead atoms. The molecule has 0 saturated heterocycles. The first-order valence-corrected chi connectivity index (χ1v) is 8.23. The molecule has 6 heteroatoms. The molecule has 0 amide bonds. The molecule has 128 valence electrons. The Bertz CT molecular complexity index is 863. The predicted octanol–water partition coefficient (Wildman–Crippen LogP) is 3.44. The van der Waals surface area contributed by atoms with Gasteiger partial charge in [-0.05, 0) is 29.7 Å². The summed E-state index contributed by atoms with van der Waals surface area (Å²) in [5.74, 6) is 2.22. The zero-order chi connectivity index (χ0) is 17.2. The van der Waals surface area contributed by atoms with Crippen molar-refractivity contribution in [1.82, 2.24) is 14.8 Å². The summed E-state index contributed by atoms with van der Waals surface area (Å²) in [6.07, 6.45) is 2.46. The van der Waals surface area contributed by atoms with Crippen molar-refractivity contribution < 1.29 is 9.47 Å². The molecular weight excluding hydrogens is 316 g/mol. The average molecular weight is 336 g/mol. The van der Waals surface area contributed by atoms with Crippen LogP contribution >= 0.6 is 0 Å². The molecule has 0 saturated carbocycles. The average Bonchev–Trinajstić information content (AvgIpc) is 3.16. The Morgan fingerprint density at radius 2 is 1.80 bits per heavy atom. The fourth-order valence-electron chi connectivity index (χ4n) is 3.36. The molecule has 2 atom stereocenters. The Balaban J connectivity index is 1.73. The maximum Gasteiger partial charge on any atom is 0.222 e. The maximum absolute atomic E-state index is 5.46. The molecule has 0 unspecified atom stereocenters. The number of hydrogen-bond donors (Lipinski definition) is 1. The van der Waals surface area contributed by atoms with E-state index in [-0.39, 0.29) is 12.1 Å². The summed E-state index contributed by atoms with van der Waals surface area (Å²) in [5, 5.41) is 7.89. The highest BCUT2D eigenvalue weighted by atomic mass is 16.5. The highest BCUT2D eigenvalue weighted by molar-refractivity contribution is 5.46. The third-order valence-electron chi connectivity index (χ3n) is 4.62. The van der Waals surface area contributed by atoms with Gasteiger partial charge in [0.15, 0.2) is 11.5 Å². The minimum absolute atomic E-state index is 0.0729. The number of hydrogen-bond acceptors (Lipinski definition) is 5. The van der Waals surface area contributed by atoms with E-state index >= 15 is 0 Å². The molecule has 1 aromatic heterocycles. The molecule has 0 spiro atoms. The summed E-state index contributed by atoms with van der Waals surface area (Å²) in [6, 6.07) is 16.7. The van der Waals surface area contributed by atoms with Crippen LogP contribution in [0.5, 0.6) is 11.5 Å². The van der Waals surface area contributed by atoms with Gasteiger partial charge >= 0.3 is 0 Å². The van der Waals surface area contributed by atoms with Crippen molar-refractivity contribution in [1.29, 1.82) is 0 Å². The number of methoxy groups -OCH3 is 2. The van der Waals surface area contributed by atoms with Crippen molar-refractivity contribution in [3.8, 4) is 11.5 Å². The maximum atomic E-state index is 5.46. The van der Waals surface area contributed by atoms with Gasteiger partial charge in [0, 0.05) is 0 Å². The van der Waals surface area contributed by atoms with Crippen molar-refractivity contribution in [3.05, 3.63) is 66.0 Å². The number of ether oxygens (including phenoxy) is 2. The molecular formula is C19H20N4O2. The van der Waals surface area contributed by atoms with E-state index in [1.165, 1.54) is 5.56 Å². The monoisotopic (exact) mass is 336 g/mol.